The Labute approximate surface area is 103 Å². The molecular formula is C10H16F3N3S. The van der Waals surface area contributed by atoms with Crippen molar-refractivity contribution in [3.05, 3.63) is 11.1 Å². The van der Waals surface area contributed by atoms with Gasteiger partial charge < -0.3 is 10.2 Å². The molecular weight excluding hydrogens is 251 g/mol. The molecule has 1 rings (SSSR count). The lowest BCUT2D eigenvalue weighted by Crippen LogP contribution is -2.28. The third kappa shape index (κ3) is 4.51. The van der Waals surface area contributed by atoms with Crippen molar-refractivity contribution < 1.29 is 13.2 Å². The number of nitrogens with one attached hydrogen (secondary N) is 1. The van der Waals surface area contributed by atoms with Crippen LogP contribution in [0.4, 0.5) is 18.3 Å². The Morgan fingerprint density at radius 3 is 2.47 bits per heavy atom. The Kier molecular flexibility index (Phi) is 5.20. The van der Waals surface area contributed by atoms with Crippen molar-refractivity contribution in [3.8, 4) is 0 Å². The molecule has 0 amide bonds. The van der Waals surface area contributed by atoms with E-state index in [1.54, 1.807) is 0 Å². The quantitative estimate of drug-likeness (QED) is 0.859. The highest BCUT2D eigenvalue weighted by Gasteiger charge is 2.33. The molecule has 98 valence electrons. The van der Waals surface area contributed by atoms with E-state index in [2.05, 4.69) is 29.0 Å². The van der Waals surface area contributed by atoms with Gasteiger partial charge >= 0.3 is 6.18 Å². The van der Waals surface area contributed by atoms with Crippen LogP contribution in [0.3, 0.4) is 0 Å². The predicted octanol–water partition coefficient (Wildman–Crippen LogP) is 2.92. The second kappa shape index (κ2) is 6.20. The number of nitrogens with zero attached hydrogens (tertiary/aromatic N) is 2. The van der Waals surface area contributed by atoms with Crippen LogP contribution in [0.25, 0.3) is 0 Å². The molecule has 0 saturated heterocycles. The van der Waals surface area contributed by atoms with Crippen molar-refractivity contribution in [1.29, 1.82) is 0 Å². The van der Waals surface area contributed by atoms with Crippen molar-refractivity contribution in [1.82, 2.24) is 9.88 Å². The number of thiazole rings is 1. The number of anilines is 1. The molecule has 0 saturated carbocycles. The van der Waals surface area contributed by atoms with Crippen LogP contribution < -0.4 is 5.32 Å². The van der Waals surface area contributed by atoms with Crippen LogP contribution in [0.1, 0.15) is 19.5 Å². The van der Waals surface area contributed by atoms with Gasteiger partial charge in [-0.05, 0) is 13.1 Å². The molecule has 0 bridgehead atoms. The second-order valence-corrected chi connectivity index (χ2v) is 4.35. The van der Waals surface area contributed by atoms with Crippen LogP contribution in [-0.2, 0) is 6.18 Å². The maximum atomic E-state index is 12.3. The Morgan fingerprint density at radius 2 is 2.00 bits per heavy atom. The molecule has 0 aliphatic rings. The Balaban J connectivity index is 2.40. The molecule has 0 unspecified atom stereocenters. The average Bonchev–Trinajstić information content (AvgIpc) is 2.73. The van der Waals surface area contributed by atoms with Gasteiger partial charge in [-0.25, -0.2) is 4.98 Å². The number of hydrogen-bond donors (Lipinski definition) is 1. The second-order valence-electron chi connectivity index (χ2n) is 3.49. The summed E-state index contributed by atoms with van der Waals surface area (Å²) in [7, 11) is 0. The first-order chi connectivity index (χ1) is 7.97. The average molecular weight is 267 g/mol. The van der Waals surface area contributed by atoms with Gasteiger partial charge in [0.15, 0.2) is 10.8 Å². The Hall–Kier alpha value is -0.820. The minimum absolute atomic E-state index is 0.324. The summed E-state index contributed by atoms with van der Waals surface area (Å²) in [6, 6.07) is 0. The normalized spacial score (nSPS) is 12.1. The lowest BCUT2D eigenvalue weighted by molar-refractivity contribution is -0.140. The number of aromatic nitrogens is 1. The standard InChI is InChI=1S/C10H16F3N3S/c1-3-16(4-2)6-5-14-9-15-8(7-17-9)10(11,12)13/h7H,3-6H2,1-2H3,(H,14,15). The zero-order valence-corrected chi connectivity index (χ0v) is 10.7. The van der Waals surface area contributed by atoms with Gasteiger partial charge in [-0.15, -0.1) is 11.3 Å². The van der Waals surface area contributed by atoms with E-state index in [4.69, 9.17) is 0 Å². The van der Waals surface area contributed by atoms with Crippen molar-refractivity contribution in [2.45, 2.75) is 20.0 Å². The van der Waals surface area contributed by atoms with Gasteiger partial charge in [-0.3, -0.25) is 0 Å². The van der Waals surface area contributed by atoms with E-state index < -0.39 is 11.9 Å². The highest BCUT2D eigenvalue weighted by molar-refractivity contribution is 7.13. The lowest BCUT2D eigenvalue weighted by Gasteiger charge is -2.17. The molecule has 1 aromatic heterocycles. The molecule has 0 radical (unpaired) electrons. The van der Waals surface area contributed by atoms with Crippen molar-refractivity contribution in [2.75, 3.05) is 31.5 Å². The van der Waals surface area contributed by atoms with E-state index in [9.17, 15) is 13.2 Å². The number of likely N-dealkylation sites (N-methyl/N-ethyl adjacent to an activating group) is 1. The summed E-state index contributed by atoms with van der Waals surface area (Å²) in [5, 5.41) is 4.25. The largest absolute Gasteiger partial charge is 0.434 e. The van der Waals surface area contributed by atoms with E-state index in [1.807, 2.05) is 0 Å². The van der Waals surface area contributed by atoms with Gasteiger partial charge in [0.05, 0.1) is 0 Å². The smallest absolute Gasteiger partial charge is 0.360 e. The first-order valence-corrected chi connectivity index (χ1v) is 6.34. The summed E-state index contributed by atoms with van der Waals surface area (Å²) in [5.41, 5.74) is -0.826. The first kappa shape index (κ1) is 14.2. The molecule has 0 aliphatic carbocycles. The minimum atomic E-state index is -4.35. The first-order valence-electron chi connectivity index (χ1n) is 5.46. The van der Waals surface area contributed by atoms with E-state index >= 15 is 0 Å². The fourth-order valence-electron chi connectivity index (χ4n) is 1.35. The summed E-state index contributed by atoms with van der Waals surface area (Å²) >= 11 is 0.983. The van der Waals surface area contributed by atoms with Crippen molar-refractivity contribution >= 4 is 16.5 Å². The third-order valence-electron chi connectivity index (χ3n) is 2.39. The summed E-state index contributed by atoms with van der Waals surface area (Å²) in [6.07, 6.45) is -4.35. The molecule has 7 heteroatoms. The maximum absolute atomic E-state index is 12.3. The van der Waals surface area contributed by atoms with Crippen molar-refractivity contribution in [3.63, 3.8) is 0 Å². The van der Waals surface area contributed by atoms with Crippen molar-refractivity contribution in [2.24, 2.45) is 0 Å². The highest BCUT2D eigenvalue weighted by Crippen LogP contribution is 2.31. The summed E-state index contributed by atoms with van der Waals surface area (Å²) in [5.74, 6) is 0. The molecule has 1 heterocycles. The third-order valence-corrected chi connectivity index (χ3v) is 3.19. The van der Waals surface area contributed by atoms with E-state index in [0.717, 1.165) is 36.4 Å². The van der Waals surface area contributed by atoms with Gasteiger partial charge in [0, 0.05) is 18.5 Å². The van der Waals surface area contributed by atoms with Crippen LogP contribution in [0, 0.1) is 0 Å². The van der Waals surface area contributed by atoms with Crippen LogP contribution in [0.5, 0.6) is 0 Å². The summed E-state index contributed by atoms with van der Waals surface area (Å²) in [6.45, 7) is 7.37. The topological polar surface area (TPSA) is 28.2 Å². The molecule has 1 aromatic rings. The van der Waals surface area contributed by atoms with Crippen LogP contribution in [0.15, 0.2) is 5.38 Å². The molecule has 3 nitrogen and oxygen atoms in total. The molecule has 1 N–H and O–H groups in total. The Morgan fingerprint density at radius 1 is 1.35 bits per heavy atom. The molecule has 0 fully saturated rings. The number of alkyl halides is 3. The van der Waals surface area contributed by atoms with Gasteiger partial charge in [-0.1, -0.05) is 13.8 Å². The molecule has 0 aromatic carbocycles. The Bertz CT molecular complexity index is 334. The molecule has 0 atom stereocenters. The minimum Gasteiger partial charge on any atom is -0.360 e. The van der Waals surface area contributed by atoms with Gasteiger partial charge in [0.2, 0.25) is 0 Å². The van der Waals surface area contributed by atoms with Crippen LogP contribution >= 0.6 is 11.3 Å². The summed E-state index contributed by atoms with van der Waals surface area (Å²) < 4.78 is 36.8. The van der Waals surface area contributed by atoms with Gasteiger partial charge in [-0.2, -0.15) is 13.2 Å². The fraction of sp³-hybridized carbons (Fsp3) is 0.700. The molecule has 0 aliphatic heterocycles. The summed E-state index contributed by atoms with van der Waals surface area (Å²) in [4.78, 5) is 5.68. The molecule has 17 heavy (non-hydrogen) atoms. The highest BCUT2D eigenvalue weighted by atomic mass is 32.1. The molecule has 0 spiro atoms. The monoisotopic (exact) mass is 267 g/mol. The number of rotatable bonds is 6. The zero-order chi connectivity index (χ0) is 12.9. The lowest BCUT2D eigenvalue weighted by atomic mass is 10.4. The van der Waals surface area contributed by atoms with Crippen LogP contribution in [0.2, 0.25) is 0 Å². The van der Waals surface area contributed by atoms with Gasteiger partial charge in [0.1, 0.15) is 0 Å². The van der Waals surface area contributed by atoms with E-state index in [0.29, 0.717) is 11.7 Å². The predicted molar refractivity (Wildman–Crippen MR) is 63.4 cm³/mol. The fourth-order valence-corrected chi connectivity index (χ4v) is 2.09. The zero-order valence-electron chi connectivity index (χ0n) is 9.84. The van der Waals surface area contributed by atoms with E-state index in [-0.39, 0.29) is 0 Å². The van der Waals surface area contributed by atoms with Gasteiger partial charge in [0.25, 0.3) is 0 Å². The number of hydrogen-bond acceptors (Lipinski definition) is 4. The maximum Gasteiger partial charge on any atom is 0.434 e. The van der Waals surface area contributed by atoms with Crippen LogP contribution in [-0.4, -0.2) is 36.1 Å². The SMILES string of the molecule is CCN(CC)CCNc1nc(C(F)(F)F)cs1. The number of halogens is 3. The van der Waals surface area contributed by atoms with E-state index in [1.165, 1.54) is 0 Å².